The molecule has 2 saturated carbocycles. The molecule has 6 rings (SSSR count). The van der Waals surface area contributed by atoms with E-state index in [1.807, 2.05) is 17.8 Å². The first-order valence-electron chi connectivity index (χ1n) is 9.69. The van der Waals surface area contributed by atoms with E-state index in [0.29, 0.717) is 18.8 Å². The number of rotatable bonds is 3. The first kappa shape index (κ1) is 16.3. The molecule has 4 fully saturated rings. The predicted molar refractivity (Wildman–Crippen MR) is 97.1 cm³/mol. The van der Waals surface area contributed by atoms with Gasteiger partial charge < -0.3 is 14.6 Å². The molecule has 2 aliphatic carbocycles. The number of nitrogens with zero attached hydrogens (tertiary/aromatic N) is 2. The van der Waals surface area contributed by atoms with Gasteiger partial charge in [0.25, 0.3) is 0 Å². The highest BCUT2D eigenvalue weighted by atomic mass is 19.1. The van der Waals surface area contributed by atoms with Crippen molar-refractivity contribution in [3.05, 3.63) is 35.8 Å². The molecule has 4 aliphatic rings. The van der Waals surface area contributed by atoms with Gasteiger partial charge in [0.15, 0.2) is 0 Å². The number of aliphatic hydroxyl groups is 1. The maximum Gasteiger partial charge on any atom is 0.223 e. The van der Waals surface area contributed by atoms with Gasteiger partial charge in [-0.3, -0.25) is 4.79 Å². The largest absolute Gasteiger partial charge is 0.390 e. The van der Waals surface area contributed by atoms with E-state index in [1.165, 1.54) is 6.07 Å². The molecule has 2 aromatic rings. The number of benzene rings is 1. The number of hydrogen-bond acceptors (Lipinski definition) is 2. The number of amides is 1. The highest BCUT2D eigenvalue weighted by Crippen LogP contribution is 2.51. The maximum absolute atomic E-state index is 13.6. The third kappa shape index (κ3) is 2.48. The minimum atomic E-state index is -0.527. The fourth-order valence-electron chi connectivity index (χ4n) is 6.01. The zero-order chi connectivity index (χ0) is 18.1. The van der Waals surface area contributed by atoms with Crippen molar-refractivity contribution in [2.24, 2.45) is 13.0 Å². The molecule has 1 aromatic carbocycles. The lowest BCUT2D eigenvalue weighted by molar-refractivity contribution is -0.174. The molecule has 26 heavy (non-hydrogen) atoms. The number of carbonyl (C=O) groups excluding carboxylic acids is 1. The topological polar surface area (TPSA) is 45.5 Å². The highest BCUT2D eigenvalue weighted by molar-refractivity contribution is 5.85. The van der Waals surface area contributed by atoms with Crippen LogP contribution in [-0.4, -0.2) is 38.2 Å². The van der Waals surface area contributed by atoms with E-state index in [0.717, 1.165) is 48.6 Å². The van der Waals surface area contributed by atoms with Gasteiger partial charge in [0.2, 0.25) is 5.91 Å². The molecule has 2 saturated heterocycles. The normalized spacial score (nSPS) is 32.6. The molecule has 4 bridgehead atoms. The Morgan fingerprint density at radius 1 is 1.27 bits per heavy atom. The van der Waals surface area contributed by atoms with Gasteiger partial charge in [-0.2, -0.15) is 0 Å². The van der Waals surface area contributed by atoms with Crippen molar-refractivity contribution in [1.29, 1.82) is 0 Å². The monoisotopic (exact) mass is 356 g/mol. The maximum atomic E-state index is 13.6. The average molecular weight is 356 g/mol. The van der Waals surface area contributed by atoms with Gasteiger partial charge in [-0.15, -0.1) is 0 Å². The van der Waals surface area contributed by atoms with Crippen LogP contribution in [0.1, 0.15) is 44.1 Å². The van der Waals surface area contributed by atoms with Crippen LogP contribution in [0, 0.1) is 11.7 Å². The third-order valence-electron chi connectivity index (χ3n) is 6.83. The van der Waals surface area contributed by atoms with E-state index < -0.39 is 5.60 Å². The van der Waals surface area contributed by atoms with Crippen LogP contribution in [-0.2, 0) is 18.3 Å². The SMILES string of the molecule is Cn1cc(CCC(=O)N2C3CC4CC2CC(O)(C4)C3)c2cc(F)ccc21. The summed E-state index contributed by atoms with van der Waals surface area (Å²) in [6.07, 6.45) is 7.58. The molecule has 5 heteroatoms. The lowest BCUT2D eigenvalue weighted by Crippen LogP contribution is -2.65. The number of carbonyl (C=O) groups is 1. The van der Waals surface area contributed by atoms with Crippen molar-refractivity contribution in [2.75, 3.05) is 0 Å². The van der Waals surface area contributed by atoms with Crippen LogP contribution in [0.5, 0.6) is 0 Å². The minimum absolute atomic E-state index is 0.191. The Morgan fingerprint density at radius 3 is 2.69 bits per heavy atom. The van der Waals surface area contributed by atoms with Crippen molar-refractivity contribution in [3.8, 4) is 0 Å². The van der Waals surface area contributed by atoms with Crippen molar-refractivity contribution in [1.82, 2.24) is 9.47 Å². The molecule has 138 valence electrons. The quantitative estimate of drug-likeness (QED) is 0.918. The number of aromatic nitrogens is 1. The van der Waals surface area contributed by atoms with Crippen molar-refractivity contribution >= 4 is 16.8 Å². The Morgan fingerprint density at radius 2 is 2.00 bits per heavy atom. The molecular formula is C21H25FN2O2. The Balaban J connectivity index is 1.34. The van der Waals surface area contributed by atoms with Gasteiger partial charge >= 0.3 is 0 Å². The molecule has 4 nitrogen and oxygen atoms in total. The summed E-state index contributed by atoms with van der Waals surface area (Å²) in [5.74, 6) is 0.535. The second-order valence-electron chi connectivity index (χ2n) is 8.71. The van der Waals surface area contributed by atoms with Gasteiger partial charge in [-0.25, -0.2) is 4.39 Å². The minimum Gasteiger partial charge on any atom is -0.390 e. The number of piperidine rings is 2. The average Bonchev–Trinajstić information content (AvgIpc) is 2.86. The summed E-state index contributed by atoms with van der Waals surface area (Å²) in [6.45, 7) is 0. The smallest absolute Gasteiger partial charge is 0.223 e. The molecule has 2 atom stereocenters. The van der Waals surface area contributed by atoms with Crippen LogP contribution in [0.25, 0.3) is 10.9 Å². The second-order valence-corrected chi connectivity index (χ2v) is 8.71. The molecule has 3 heterocycles. The van der Waals surface area contributed by atoms with E-state index in [9.17, 15) is 14.3 Å². The molecule has 1 amide bonds. The van der Waals surface area contributed by atoms with Gasteiger partial charge in [-0.05, 0) is 68.2 Å². The first-order chi connectivity index (χ1) is 12.4. The van der Waals surface area contributed by atoms with E-state index in [1.54, 1.807) is 12.1 Å². The van der Waals surface area contributed by atoms with E-state index in [-0.39, 0.29) is 23.8 Å². The molecule has 0 spiro atoms. The van der Waals surface area contributed by atoms with Crippen LogP contribution in [0.3, 0.4) is 0 Å². The van der Waals surface area contributed by atoms with Gasteiger partial charge in [0.1, 0.15) is 5.82 Å². The van der Waals surface area contributed by atoms with E-state index in [4.69, 9.17) is 0 Å². The molecule has 1 N–H and O–H groups in total. The summed E-state index contributed by atoms with van der Waals surface area (Å²) >= 11 is 0. The van der Waals surface area contributed by atoms with Crippen molar-refractivity contribution in [2.45, 2.75) is 62.6 Å². The van der Waals surface area contributed by atoms with E-state index >= 15 is 0 Å². The van der Waals surface area contributed by atoms with E-state index in [2.05, 4.69) is 4.90 Å². The Kier molecular flexibility index (Phi) is 3.48. The Labute approximate surface area is 152 Å². The Hall–Kier alpha value is -1.88. The number of hydrogen-bond donors (Lipinski definition) is 1. The summed E-state index contributed by atoms with van der Waals surface area (Å²) in [4.78, 5) is 15.1. The van der Waals surface area contributed by atoms with Crippen LogP contribution in [0.15, 0.2) is 24.4 Å². The van der Waals surface area contributed by atoms with Crippen LogP contribution in [0.2, 0.25) is 0 Å². The third-order valence-corrected chi connectivity index (χ3v) is 6.83. The molecular weight excluding hydrogens is 331 g/mol. The summed E-state index contributed by atoms with van der Waals surface area (Å²) in [7, 11) is 1.95. The number of fused-ring (bicyclic) bond motifs is 1. The van der Waals surface area contributed by atoms with Crippen LogP contribution < -0.4 is 0 Å². The van der Waals surface area contributed by atoms with Crippen molar-refractivity contribution < 1.29 is 14.3 Å². The lowest BCUT2D eigenvalue weighted by atomic mass is 9.61. The predicted octanol–water partition coefficient (Wildman–Crippen LogP) is 3.15. The van der Waals surface area contributed by atoms with Crippen molar-refractivity contribution in [3.63, 3.8) is 0 Å². The summed E-state index contributed by atoms with van der Waals surface area (Å²) in [6, 6.07) is 5.25. The zero-order valence-corrected chi connectivity index (χ0v) is 15.1. The van der Waals surface area contributed by atoms with Crippen LogP contribution in [0.4, 0.5) is 4.39 Å². The second kappa shape index (κ2) is 5.56. The summed E-state index contributed by atoms with van der Waals surface area (Å²) in [5, 5.41) is 11.6. The zero-order valence-electron chi connectivity index (χ0n) is 15.1. The summed E-state index contributed by atoms with van der Waals surface area (Å²) < 4.78 is 15.6. The first-order valence-corrected chi connectivity index (χ1v) is 9.69. The molecule has 2 aliphatic heterocycles. The highest BCUT2D eigenvalue weighted by Gasteiger charge is 2.54. The molecule has 1 aromatic heterocycles. The number of aryl methyl sites for hydroxylation is 2. The number of halogens is 1. The fraction of sp³-hybridized carbons (Fsp3) is 0.571. The summed E-state index contributed by atoms with van der Waals surface area (Å²) in [5.41, 5.74) is 1.49. The van der Waals surface area contributed by atoms with Gasteiger partial charge in [-0.1, -0.05) is 0 Å². The molecule has 2 unspecified atom stereocenters. The fourth-order valence-corrected chi connectivity index (χ4v) is 6.01. The molecule has 0 radical (unpaired) electrons. The Bertz CT molecular complexity index is 874. The van der Waals surface area contributed by atoms with Gasteiger partial charge in [0.05, 0.1) is 5.60 Å². The lowest BCUT2D eigenvalue weighted by Gasteiger charge is -2.59. The van der Waals surface area contributed by atoms with Gasteiger partial charge in [0, 0.05) is 42.7 Å². The van der Waals surface area contributed by atoms with Crippen LogP contribution >= 0.6 is 0 Å². The standard InChI is InChI=1S/C21H25FN2O2/c1-23-12-14(18-8-15(22)3-4-19(18)23)2-5-20(25)24-16-6-13-7-17(24)11-21(26,9-13)10-16/h3-4,8,12-13,16-17,26H,2,5-7,9-11H2,1H3.